The largest absolute Gasteiger partial charge is 0.496 e. The lowest BCUT2D eigenvalue weighted by molar-refractivity contribution is 0.416. The number of hydrogen-bond donors (Lipinski definition) is 1. The summed E-state index contributed by atoms with van der Waals surface area (Å²) in [5, 5.41) is 4.25. The first-order chi connectivity index (χ1) is 9.17. The van der Waals surface area contributed by atoms with Crippen molar-refractivity contribution >= 4 is 11.3 Å². The van der Waals surface area contributed by atoms with Gasteiger partial charge >= 0.3 is 0 Å². The summed E-state index contributed by atoms with van der Waals surface area (Å²) in [5.74, 6) is 1.31. The molecule has 4 heteroatoms. The molecule has 0 bridgehead atoms. The van der Waals surface area contributed by atoms with Gasteiger partial charge in [0.2, 0.25) is 0 Å². The van der Waals surface area contributed by atoms with E-state index in [0.717, 1.165) is 22.9 Å². The van der Waals surface area contributed by atoms with Gasteiger partial charge < -0.3 is 10.1 Å². The third kappa shape index (κ3) is 2.96. The lowest BCUT2D eigenvalue weighted by Crippen LogP contribution is -2.06. The van der Waals surface area contributed by atoms with E-state index in [-0.39, 0.29) is 0 Å². The number of nitrogens with zero attached hydrogens (tertiary/aromatic N) is 1. The number of nitrogens with one attached hydrogen (secondary N) is 1. The Labute approximate surface area is 118 Å². The summed E-state index contributed by atoms with van der Waals surface area (Å²) in [6.07, 6.45) is 0. The van der Waals surface area contributed by atoms with Crippen molar-refractivity contribution in [1.29, 1.82) is 0 Å². The topological polar surface area (TPSA) is 34.1 Å². The van der Waals surface area contributed by atoms with Gasteiger partial charge in [-0.3, -0.25) is 0 Å². The van der Waals surface area contributed by atoms with Crippen molar-refractivity contribution in [1.82, 2.24) is 10.3 Å². The first-order valence-corrected chi connectivity index (χ1v) is 7.26. The van der Waals surface area contributed by atoms with Gasteiger partial charge in [0.05, 0.1) is 18.4 Å². The summed E-state index contributed by atoms with van der Waals surface area (Å²) in [6.45, 7) is 5.22. The number of para-hydroxylation sites is 1. The number of rotatable bonds is 5. The van der Waals surface area contributed by atoms with Gasteiger partial charge in [-0.15, -0.1) is 11.3 Å². The van der Waals surface area contributed by atoms with Gasteiger partial charge in [0.15, 0.2) is 0 Å². The number of methoxy groups -OCH3 is 1. The SMILES string of the molecule is CNCc1sc(-c2ccccc2OC)nc1C(C)C. The molecule has 0 unspecified atom stereocenters. The number of benzene rings is 1. The molecule has 0 amide bonds. The smallest absolute Gasteiger partial charge is 0.129 e. The van der Waals surface area contributed by atoms with Crippen molar-refractivity contribution < 1.29 is 4.74 Å². The molecular formula is C15H20N2OS. The highest BCUT2D eigenvalue weighted by Gasteiger charge is 2.16. The number of thiazole rings is 1. The van der Waals surface area contributed by atoms with E-state index >= 15 is 0 Å². The molecule has 0 saturated heterocycles. The first kappa shape index (κ1) is 14.0. The number of hydrogen-bond acceptors (Lipinski definition) is 4. The second-order valence-electron chi connectivity index (χ2n) is 4.71. The average molecular weight is 276 g/mol. The van der Waals surface area contributed by atoms with Crippen LogP contribution in [0.25, 0.3) is 10.6 Å². The van der Waals surface area contributed by atoms with E-state index in [2.05, 4.69) is 25.2 Å². The van der Waals surface area contributed by atoms with Crippen LogP contribution in [0.3, 0.4) is 0 Å². The minimum atomic E-state index is 0.433. The van der Waals surface area contributed by atoms with Gasteiger partial charge in [0.25, 0.3) is 0 Å². The second-order valence-corrected chi connectivity index (χ2v) is 5.80. The van der Waals surface area contributed by atoms with Gasteiger partial charge in [-0.2, -0.15) is 0 Å². The third-order valence-corrected chi connectivity index (χ3v) is 4.05. The Morgan fingerprint density at radius 2 is 2.05 bits per heavy atom. The normalized spacial score (nSPS) is 11.0. The maximum Gasteiger partial charge on any atom is 0.129 e. The quantitative estimate of drug-likeness (QED) is 0.905. The predicted molar refractivity (Wildman–Crippen MR) is 81.0 cm³/mol. The molecular weight excluding hydrogens is 256 g/mol. The summed E-state index contributed by atoms with van der Waals surface area (Å²) in [4.78, 5) is 6.11. The Morgan fingerprint density at radius 3 is 2.68 bits per heavy atom. The van der Waals surface area contributed by atoms with Crippen LogP contribution in [0.1, 0.15) is 30.3 Å². The molecule has 1 N–H and O–H groups in total. The van der Waals surface area contributed by atoms with E-state index in [4.69, 9.17) is 9.72 Å². The summed E-state index contributed by atoms with van der Waals surface area (Å²) in [5.41, 5.74) is 2.25. The summed E-state index contributed by atoms with van der Waals surface area (Å²) in [6, 6.07) is 8.04. The zero-order chi connectivity index (χ0) is 13.8. The fourth-order valence-corrected chi connectivity index (χ4v) is 3.30. The third-order valence-electron chi connectivity index (χ3n) is 2.95. The van der Waals surface area contributed by atoms with Crippen molar-refractivity contribution in [2.45, 2.75) is 26.3 Å². The van der Waals surface area contributed by atoms with E-state index in [9.17, 15) is 0 Å². The summed E-state index contributed by atoms with van der Waals surface area (Å²) < 4.78 is 5.42. The van der Waals surface area contributed by atoms with Crippen molar-refractivity contribution in [3.05, 3.63) is 34.8 Å². The molecule has 0 aliphatic rings. The van der Waals surface area contributed by atoms with Gasteiger partial charge in [0.1, 0.15) is 10.8 Å². The Kier molecular flexibility index (Phi) is 4.56. The molecule has 0 spiro atoms. The lowest BCUT2D eigenvalue weighted by Gasteiger charge is -2.05. The highest BCUT2D eigenvalue weighted by atomic mass is 32.1. The van der Waals surface area contributed by atoms with Crippen LogP contribution in [-0.2, 0) is 6.54 Å². The lowest BCUT2D eigenvalue weighted by atomic mass is 10.1. The van der Waals surface area contributed by atoms with Crippen molar-refractivity contribution in [2.75, 3.05) is 14.2 Å². The van der Waals surface area contributed by atoms with E-state index in [0.29, 0.717) is 5.92 Å². The Bertz CT molecular complexity index is 549. The van der Waals surface area contributed by atoms with Crippen LogP contribution in [0.15, 0.2) is 24.3 Å². The molecule has 102 valence electrons. The standard InChI is InChI=1S/C15H20N2OS/c1-10(2)14-13(9-16-3)19-15(17-14)11-7-5-6-8-12(11)18-4/h5-8,10,16H,9H2,1-4H3. The zero-order valence-corrected chi connectivity index (χ0v) is 12.7. The Hall–Kier alpha value is -1.39. The van der Waals surface area contributed by atoms with Crippen LogP contribution in [0.5, 0.6) is 5.75 Å². The predicted octanol–water partition coefficient (Wildman–Crippen LogP) is 3.66. The van der Waals surface area contributed by atoms with Crippen LogP contribution < -0.4 is 10.1 Å². The van der Waals surface area contributed by atoms with E-state index in [1.807, 2.05) is 25.2 Å². The molecule has 1 aromatic heterocycles. The fourth-order valence-electron chi connectivity index (χ4n) is 2.04. The molecule has 0 saturated carbocycles. The minimum Gasteiger partial charge on any atom is -0.496 e. The van der Waals surface area contributed by atoms with Gasteiger partial charge in [-0.1, -0.05) is 26.0 Å². The second kappa shape index (κ2) is 6.17. The molecule has 0 atom stereocenters. The van der Waals surface area contributed by atoms with Crippen molar-refractivity contribution in [3.63, 3.8) is 0 Å². The van der Waals surface area contributed by atoms with Crippen LogP contribution in [-0.4, -0.2) is 19.1 Å². The fraction of sp³-hybridized carbons (Fsp3) is 0.400. The van der Waals surface area contributed by atoms with Crippen molar-refractivity contribution in [2.24, 2.45) is 0 Å². The summed E-state index contributed by atoms with van der Waals surface area (Å²) in [7, 11) is 3.66. The highest BCUT2D eigenvalue weighted by Crippen LogP contribution is 2.36. The minimum absolute atomic E-state index is 0.433. The molecule has 1 heterocycles. The highest BCUT2D eigenvalue weighted by molar-refractivity contribution is 7.15. The zero-order valence-electron chi connectivity index (χ0n) is 11.9. The Balaban J connectivity index is 2.48. The first-order valence-electron chi connectivity index (χ1n) is 6.45. The van der Waals surface area contributed by atoms with Crippen LogP contribution in [0, 0.1) is 0 Å². The van der Waals surface area contributed by atoms with E-state index in [1.165, 1.54) is 10.6 Å². The maximum atomic E-state index is 5.42. The molecule has 0 aliphatic carbocycles. The Morgan fingerprint density at radius 1 is 1.32 bits per heavy atom. The molecule has 3 nitrogen and oxygen atoms in total. The van der Waals surface area contributed by atoms with Crippen LogP contribution >= 0.6 is 11.3 Å². The van der Waals surface area contributed by atoms with Crippen molar-refractivity contribution in [3.8, 4) is 16.3 Å². The van der Waals surface area contributed by atoms with Gasteiger partial charge in [-0.05, 0) is 25.1 Å². The molecule has 2 aromatic rings. The van der Waals surface area contributed by atoms with Crippen LogP contribution in [0.4, 0.5) is 0 Å². The average Bonchev–Trinajstić information content (AvgIpc) is 2.83. The summed E-state index contributed by atoms with van der Waals surface area (Å²) >= 11 is 1.74. The van der Waals surface area contributed by atoms with E-state index < -0.39 is 0 Å². The maximum absolute atomic E-state index is 5.42. The molecule has 0 fully saturated rings. The monoisotopic (exact) mass is 276 g/mol. The molecule has 19 heavy (non-hydrogen) atoms. The number of aromatic nitrogens is 1. The molecule has 1 aromatic carbocycles. The van der Waals surface area contributed by atoms with Crippen LogP contribution in [0.2, 0.25) is 0 Å². The molecule has 0 radical (unpaired) electrons. The molecule has 2 rings (SSSR count). The number of ether oxygens (including phenoxy) is 1. The van der Waals surface area contributed by atoms with Gasteiger partial charge in [-0.25, -0.2) is 4.98 Å². The van der Waals surface area contributed by atoms with E-state index in [1.54, 1.807) is 18.4 Å². The van der Waals surface area contributed by atoms with Gasteiger partial charge in [0, 0.05) is 11.4 Å². The molecule has 0 aliphatic heterocycles.